The summed E-state index contributed by atoms with van der Waals surface area (Å²) in [7, 11) is 0. The number of benzene rings is 1. The minimum absolute atomic E-state index is 0.0405. The third-order valence-corrected chi connectivity index (χ3v) is 4.28. The van der Waals surface area contributed by atoms with Crippen LogP contribution in [0.4, 0.5) is 5.69 Å². The van der Waals surface area contributed by atoms with Crippen molar-refractivity contribution in [2.45, 2.75) is 12.8 Å². The molecule has 0 unspecified atom stereocenters. The number of carbonyl (C=O) groups excluding carboxylic acids is 4. The highest BCUT2D eigenvalue weighted by Crippen LogP contribution is 2.25. The maximum absolute atomic E-state index is 12.4. The van der Waals surface area contributed by atoms with Gasteiger partial charge in [-0.1, -0.05) is 17.2 Å². The number of rotatable bonds is 3. The predicted molar refractivity (Wildman–Crippen MR) is 88.2 cm³/mol. The summed E-state index contributed by atoms with van der Waals surface area (Å²) in [5.74, 6) is -2.34. The molecule has 0 aliphatic carbocycles. The largest absolute Gasteiger partial charge is 0.365 e. The van der Waals surface area contributed by atoms with Crippen LogP contribution in [0.5, 0.6) is 0 Å². The second-order valence-electron chi connectivity index (χ2n) is 5.91. The molecule has 0 spiro atoms. The summed E-state index contributed by atoms with van der Waals surface area (Å²) in [5, 5.41) is 0.445. The Labute approximate surface area is 147 Å². The van der Waals surface area contributed by atoms with Gasteiger partial charge in [0.1, 0.15) is 0 Å². The molecule has 0 N–H and O–H groups in total. The standard InChI is InChI=1S/C18H13N3O5/c22-15-6-3-7-20(15)12-8-11(9-19-10-12)18(25)26-21-16(23)13-4-1-2-5-14(13)17(21)24/h1-2,4-5,8-10H,3,6-7H2. The Morgan fingerprint density at radius 1 is 1.04 bits per heavy atom. The first-order valence-corrected chi connectivity index (χ1v) is 8.02. The number of aromatic nitrogens is 1. The molecular weight excluding hydrogens is 338 g/mol. The highest BCUT2D eigenvalue weighted by atomic mass is 16.7. The fourth-order valence-electron chi connectivity index (χ4n) is 2.99. The van der Waals surface area contributed by atoms with E-state index in [0.29, 0.717) is 23.7 Å². The highest BCUT2D eigenvalue weighted by Gasteiger charge is 2.39. The molecule has 4 rings (SSSR count). The van der Waals surface area contributed by atoms with Gasteiger partial charge in [0.15, 0.2) is 0 Å². The normalized spacial score (nSPS) is 16.2. The molecule has 1 saturated heterocycles. The number of fused-ring (bicyclic) bond motifs is 1. The molecule has 3 amide bonds. The summed E-state index contributed by atoms with van der Waals surface area (Å²) in [6.45, 7) is 0.553. The van der Waals surface area contributed by atoms with E-state index < -0.39 is 17.8 Å². The van der Waals surface area contributed by atoms with Gasteiger partial charge in [-0.2, -0.15) is 0 Å². The van der Waals surface area contributed by atoms with Crippen molar-refractivity contribution in [1.29, 1.82) is 0 Å². The van der Waals surface area contributed by atoms with E-state index in [4.69, 9.17) is 4.84 Å². The van der Waals surface area contributed by atoms with E-state index >= 15 is 0 Å². The van der Waals surface area contributed by atoms with Crippen LogP contribution in [0.25, 0.3) is 0 Å². The first-order valence-electron chi connectivity index (χ1n) is 8.02. The Balaban J connectivity index is 1.55. The summed E-state index contributed by atoms with van der Waals surface area (Å²) in [4.78, 5) is 59.2. The van der Waals surface area contributed by atoms with Crippen LogP contribution in [0.2, 0.25) is 0 Å². The zero-order valence-corrected chi connectivity index (χ0v) is 13.5. The number of amides is 3. The molecule has 0 radical (unpaired) electrons. The van der Waals surface area contributed by atoms with Crippen molar-refractivity contribution in [2.75, 3.05) is 11.4 Å². The maximum Gasteiger partial charge on any atom is 0.365 e. The topological polar surface area (TPSA) is 96.9 Å². The van der Waals surface area contributed by atoms with Crippen molar-refractivity contribution >= 4 is 29.4 Å². The number of hydroxylamine groups is 2. The van der Waals surface area contributed by atoms with Crippen LogP contribution >= 0.6 is 0 Å². The molecule has 130 valence electrons. The Bertz CT molecular complexity index is 920. The van der Waals surface area contributed by atoms with Gasteiger partial charge in [-0.05, 0) is 24.6 Å². The molecule has 26 heavy (non-hydrogen) atoms. The van der Waals surface area contributed by atoms with Gasteiger partial charge in [0, 0.05) is 19.2 Å². The molecule has 2 aliphatic heterocycles. The van der Waals surface area contributed by atoms with Gasteiger partial charge in [-0.25, -0.2) is 4.79 Å². The second-order valence-corrected chi connectivity index (χ2v) is 5.91. The van der Waals surface area contributed by atoms with Crippen molar-refractivity contribution in [2.24, 2.45) is 0 Å². The van der Waals surface area contributed by atoms with Crippen LogP contribution in [0.1, 0.15) is 43.9 Å². The molecule has 0 saturated carbocycles. The lowest BCUT2D eigenvalue weighted by atomic mass is 10.1. The number of hydrogen-bond acceptors (Lipinski definition) is 6. The first-order chi connectivity index (χ1) is 12.6. The van der Waals surface area contributed by atoms with Crippen LogP contribution < -0.4 is 4.90 Å². The Hall–Kier alpha value is -3.55. The van der Waals surface area contributed by atoms with Gasteiger partial charge in [-0.3, -0.25) is 19.4 Å². The van der Waals surface area contributed by atoms with Crippen molar-refractivity contribution in [3.05, 3.63) is 59.4 Å². The van der Waals surface area contributed by atoms with Gasteiger partial charge in [-0.15, -0.1) is 0 Å². The lowest BCUT2D eigenvalue weighted by molar-refractivity contribution is -0.117. The Morgan fingerprint density at radius 3 is 2.35 bits per heavy atom. The van der Waals surface area contributed by atoms with E-state index in [1.54, 1.807) is 12.1 Å². The molecule has 8 heteroatoms. The molecule has 0 atom stereocenters. The molecule has 1 aromatic carbocycles. The number of anilines is 1. The summed E-state index contributed by atoms with van der Waals surface area (Å²) in [5.41, 5.74) is 0.878. The van der Waals surface area contributed by atoms with Crippen molar-refractivity contribution in [3.63, 3.8) is 0 Å². The summed E-state index contributed by atoms with van der Waals surface area (Å²) in [6.07, 6.45) is 3.92. The number of pyridine rings is 1. The molecule has 1 fully saturated rings. The lowest BCUT2D eigenvalue weighted by Crippen LogP contribution is -2.32. The summed E-state index contributed by atoms with van der Waals surface area (Å²) < 4.78 is 0. The second kappa shape index (κ2) is 6.07. The SMILES string of the molecule is O=C(ON1C(=O)c2ccccc2C1=O)c1cncc(N2CCCC2=O)c1. The Kier molecular flexibility index (Phi) is 3.72. The summed E-state index contributed by atoms with van der Waals surface area (Å²) in [6, 6.07) is 7.68. The third kappa shape index (κ3) is 2.52. The molecule has 2 aromatic rings. The van der Waals surface area contributed by atoms with E-state index in [9.17, 15) is 19.2 Å². The molecule has 3 heterocycles. The molecule has 8 nitrogen and oxygen atoms in total. The monoisotopic (exact) mass is 351 g/mol. The average molecular weight is 351 g/mol. The number of nitrogens with zero attached hydrogens (tertiary/aromatic N) is 3. The van der Waals surface area contributed by atoms with Gasteiger partial charge >= 0.3 is 5.97 Å². The van der Waals surface area contributed by atoms with E-state index in [-0.39, 0.29) is 22.6 Å². The average Bonchev–Trinajstić information content (AvgIpc) is 3.19. The predicted octanol–water partition coefficient (Wildman–Crippen LogP) is 1.58. The van der Waals surface area contributed by atoms with E-state index in [0.717, 1.165) is 6.42 Å². The van der Waals surface area contributed by atoms with Crippen LogP contribution in [0.15, 0.2) is 42.7 Å². The molecule has 1 aromatic heterocycles. The van der Waals surface area contributed by atoms with Gasteiger partial charge < -0.3 is 9.74 Å². The van der Waals surface area contributed by atoms with E-state index in [1.165, 1.54) is 35.5 Å². The van der Waals surface area contributed by atoms with Crippen LogP contribution in [0, 0.1) is 0 Å². The number of hydrogen-bond donors (Lipinski definition) is 0. The lowest BCUT2D eigenvalue weighted by Gasteiger charge is -2.16. The zero-order valence-electron chi connectivity index (χ0n) is 13.5. The third-order valence-electron chi connectivity index (χ3n) is 4.28. The van der Waals surface area contributed by atoms with Crippen LogP contribution in [0.3, 0.4) is 0 Å². The summed E-state index contributed by atoms with van der Waals surface area (Å²) >= 11 is 0. The van der Waals surface area contributed by atoms with Crippen molar-refractivity contribution in [3.8, 4) is 0 Å². The number of carbonyl (C=O) groups is 4. The van der Waals surface area contributed by atoms with Gasteiger partial charge in [0.2, 0.25) is 5.91 Å². The molecular formula is C18H13N3O5. The molecule has 2 aliphatic rings. The van der Waals surface area contributed by atoms with Gasteiger partial charge in [0.25, 0.3) is 11.8 Å². The van der Waals surface area contributed by atoms with Crippen molar-refractivity contribution < 1.29 is 24.0 Å². The maximum atomic E-state index is 12.4. The fourth-order valence-corrected chi connectivity index (χ4v) is 2.99. The Morgan fingerprint density at radius 2 is 1.73 bits per heavy atom. The highest BCUT2D eigenvalue weighted by molar-refractivity contribution is 6.21. The minimum atomic E-state index is -0.902. The smallest absolute Gasteiger partial charge is 0.324 e. The van der Waals surface area contributed by atoms with Crippen LogP contribution in [-0.4, -0.2) is 40.3 Å². The van der Waals surface area contributed by atoms with E-state index in [1.807, 2.05) is 0 Å². The molecule has 0 bridgehead atoms. The first kappa shape index (κ1) is 15.9. The quantitative estimate of drug-likeness (QED) is 0.779. The number of imide groups is 1. The van der Waals surface area contributed by atoms with Crippen LogP contribution in [-0.2, 0) is 9.63 Å². The van der Waals surface area contributed by atoms with E-state index in [2.05, 4.69) is 4.98 Å². The minimum Gasteiger partial charge on any atom is -0.324 e. The van der Waals surface area contributed by atoms with Crippen molar-refractivity contribution in [1.82, 2.24) is 10.0 Å². The zero-order chi connectivity index (χ0) is 18.3. The fraction of sp³-hybridized carbons (Fsp3) is 0.167. The van der Waals surface area contributed by atoms with Gasteiger partial charge in [0.05, 0.1) is 28.6 Å².